The molecular weight excluding hydrogens is 491 g/mol. The molecule has 0 radical (unpaired) electrons. The quantitative estimate of drug-likeness (QED) is 0.219. The van der Waals surface area contributed by atoms with Crippen LogP contribution in [0.5, 0.6) is 0 Å². The van der Waals surface area contributed by atoms with Crippen LogP contribution in [0, 0.1) is 28.8 Å². The zero-order valence-electron chi connectivity index (χ0n) is 22.2. The van der Waals surface area contributed by atoms with Gasteiger partial charge in [-0.05, 0) is 69.5 Å². The zero-order valence-corrected chi connectivity index (χ0v) is 25.8. The predicted octanol–water partition coefficient (Wildman–Crippen LogP) is 6.82. The van der Waals surface area contributed by atoms with E-state index in [1.165, 1.54) is 37.4 Å². The summed E-state index contributed by atoms with van der Waals surface area (Å²) in [5.74, 6) is 7.20. The molecule has 1 spiro atoms. The molecule has 2 bridgehead atoms. The molecule has 3 rings (SSSR count). The summed E-state index contributed by atoms with van der Waals surface area (Å²) < 4.78 is 7.00. The fourth-order valence-corrected chi connectivity index (χ4v) is 7.08. The average Bonchev–Trinajstić information content (AvgIpc) is 2.91. The third-order valence-electron chi connectivity index (χ3n) is 6.91. The van der Waals surface area contributed by atoms with Crippen LogP contribution in [0.25, 0.3) is 0 Å². The van der Waals surface area contributed by atoms with Gasteiger partial charge in [0.25, 0.3) is 0 Å². The first-order chi connectivity index (χ1) is 16.0. The molecule has 0 N–H and O–H groups in total. The van der Waals surface area contributed by atoms with Crippen LogP contribution < -0.4 is 0 Å². The lowest BCUT2D eigenvalue weighted by atomic mass is 9.67. The Morgan fingerprint density at radius 1 is 1.15 bits per heavy atom. The molecule has 5 atom stereocenters. The maximum atomic E-state index is 6.74. The van der Waals surface area contributed by atoms with Gasteiger partial charge in [0.05, 0.1) is 17.7 Å². The first-order valence-electron chi connectivity index (χ1n) is 12.9. The highest BCUT2D eigenvalue weighted by Crippen LogP contribution is 2.54. The van der Waals surface area contributed by atoms with Gasteiger partial charge in [0.2, 0.25) is 4.38 Å². The molecule has 4 unspecified atom stereocenters. The Kier molecular flexibility index (Phi) is 9.62. The van der Waals surface area contributed by atoms with E-state index in [9.17, 15) is 0 Å². The van der Waals surface area contributed by atoms with Crippen LogP contribution in [0.4, 0.5) is 0 Å². The second-order valence-corrected chi connectivity index (χ2v) is 22.9. The van der Waals surface area contributed by atoms with Gasteiger partial charge in [-0.25, -0.2) is 0 Å². The SMILES string of the molecule is CSC(=S)OC(CCC#C[Si](C)(C)C)[C@@H]1CCCC23CCCC(ON12)C3/C=C\C#C[Si](C)(C)C. The van der Waals surface area contributed by atoms with Crippen molar-refractivity contribution in [2.45, 2.75) is 114 Å². The molecule has 1 aliphatic carbocycles. The van der Waals surface area contributed by atoms with Gasteiger partial charge >= 0.3 is 0 Å². The van der Waals surface area contributed by atoms with E-state index in [4.69, 9.17) is 21.8 Å². The first kappa shape index (κ1) is 28.0. The second kappa shape index (κ2) is 11.7. The number of piperidine rings is 1. The van der Waals surface area contributed by atoms with Crippen molar-refractivity contribution in [1.29, 1.82) is 0 Å². The topological polar surface area (TPSA) is 21.7 Å². The number of hydroxylamine groups is 2. The minimum absolute atomic E-state index is 0.0173. The number of thiocarbonyl (C=S) groups is 1. The van der Waals surface area contributed by atoms with E-state index in [1.807, 2.05) is 6.26 Å². The van der Waals surface area contributed by atoms with Crippen LogP contribution in [-0.4, -0.2) is 55.6 Å². The van der Waals surface area contributed by atoms with Gasteiger partial charge in [0.1, 0.15) is 22.3 Å². The lowest BCUT2D eigenvalue weighted by molar-refractivity contribution is -0.238. The molecule has 188 valence electrons. The lowest BCUT2D eigenvalue weighted by Crippen LogP contribution is -2.58. The zero-order chi connectivity index (χ0) is 25.0. The van der Waals surface area contributed by atoms with E-state index in [1.54, 1.807) is 0 Å². The number of fused-ring (bicyclic) bond motifs is 1. The summed E-state index contributed by atoms with van der Waals surface area (Å²) in [5, 5.41) is 2.38. The summed E-state index contributed by atoms with van der Waals surface area (Å²) in [6.07, 6.45) is 15.5. The Morgan fingerprint density at radius 2 is 1.82 bits per heavy atom. The molecule has 2 saturated heterocycles. The Bertz CT molecular complexity index is 883. The summed E-state index contributed by atoms with van der Waals surface area (Å²) in [7, 11) is -2.73. The molecule has 0 amide bonds. The van der Waals surface area contributed by atoms with Gasteiger partial charge in [-0.15, -0.1) is 17.0 Å². The van der Waals surface area contributed by atoms with Gasteiger partial charge in [0.15, 0.2) is 0 Å². The number of ether oxygens (including phenoxy) is 1. The van der Waals surface area contributed by atoms with Crippen LogP contribution >= 0.6 is 24.0 Å². The highest BCUT2D eigenvalue weighted by atomic mass is 32.2. The van der Waals surface area contributed by atoms with Crippen LogP contribution in [0.3, 0.4) is 0 Å². The highest BCUT2D eigenvalue weighted by Gasteiger charge is 2.60. The number of nitrogens with zero attached hydrogens (tertiary/aromatic N) is 1. The van der Waals surface area contributed by atoms with E-state index in [-0.39, 0.29) is 23.8 Å². The minimum atomic E-state index is -1.37. The van der Waals surface area contributed by atoms with Crippen molar-refractivity contribution in [3.8, 4) is 22.9 Å². The molecule has 3 aliphatic rings. The molecule has 0 aromatic rings. The van der Waals surface area contributed by atoms with Crippen molar-refractivity contribution in [2.24, 2.45) is 5.92 Å². The van der Waals surface area contributed by atoms with Crippen molar-refractivity contribution < 1.29 is 9.57 Å². The fraction of sp³-hybridized carbons (Fsp3) is 0.741. The van der Waals surface area contributed by atoms with Gasteiger partial charge in [-0.1, -0.05) is 63.0 Å². The van der Waals surface area contributed by atoms with E-state index in [0.29, 0.717) is 10.3 Å². The Hall–Kier alpha value is -0.546. The highest BCUT2D eigenvalue weighted by molar-refractivity contribution is 8.22. The van der Waals surface area contributed by atoms with Gasteiger partial charge in [-0.3, -0.25) is 4.84 Å². The van der Waals surface area contributed by atoms with Crippen LogP contribution in [-0.2, 0) is 9.57 Å². The van der Waals surface area contributed by atoms with Crippen LogP contribution in [0.1, 0.15) is 51.4 Å². The van der Waals surface area contributed by atoms with Crippen molar-refractivity contribution in [1.82, 2.24) is 5.06 Å². The molecule has 2 aliphatic heterocycles. The Morgan fingerprint density at radius 3 is 2.47 bits per heavy atom. The Balaban J connectivity index is 1.82. The molecule has 3 fully saturated rings. The van der Waals surface area contributed by atoms with E-state index in [2.05, 4.69) is 79.4 Å². The van der Waals surface area contributed by atoms with E-state index in [0.717, 1.165) is 25.7 Å². The van der Waals surface area contributed by atoms with E-state index >= 15 is 0 Å². The number of hydrogen-bond donors (Lipinski definition) is 0. The average molecular weight is 534 g/mol. The van der Waals surface area contributed by atoms with E-state index < -0.39 is 16.1 Å². The molecule has 1 saturated carbocycles. The number of thioether (sulfide) groups is 1. The van der Waals surface area contributed by atoms with Gasteiger partial charge < -0.3 is 4.74 Å². The molecule has 7 heteroatoms. The molecule has 3 nitrogen and oxygen atoms in total. The standard InChI is InChI=1S/C27H43NO2S2Si2/c1-32-26(31)29-25(16-9-11-21-34(5,6)7)23-15-12-18-27-19-13-17-24(30-28(23)27)22(27)14-8-10-20-33(2,3)4/h8,14,22-25H,9,12-13,15-19H2,1-7H3/b14-8-/t22?,23-,24?,25?,27?/m0/s1. The summed E-state index contributed by atoms with van der Waals surface area (Å²) in [6, 6.07) is 0.222. The number of hydrogen-bond acceptors (Lipinski definition) is 5. The van der Waals surface area contributed by atoms with Crippen LogP contribution in [0.2, 0.25) is 39.3 Å². The maximum absolute atomic E-state index is 6.74. The molecule has 34 heavy (non-hydrogen) atoms. The van der Waals surface area contributed by atoms with Crippen molar-refractivity contribution >= 4 is 44.5 Å². The second-order valence-electron chi connectivity index (χ2n) is 12.0. The maximum Gasteiger partial charge on any atom is 0.220 e. The smallest absolute Gasteiger partial charge is 0.220 e. The van der Waals surface area contributed by atoms with Crippen LogP contribution in [0.15, 0.2) is 12.2 Å². The monoisotopic (exact) mass is 533 g/mol. The summed E-state index contributed by atoms with van der Waals surface area (Å²) in [5.41, 5.74) is 7.05. The third kappa shape index (κ3) is 7.25. The van der Waals surface area contributed by atoms with Crippen molar-refractivity contribution in [3.63, 3.8) is 0 Å². The summed E-state index contributed by atoms with van der Waals surface area (Å²) in [4.78, 5) is 6.74. The van der Waals surface area contributed by atoms with Crippen molar-refractivity contribution in [2.75, 3.05) is 6.26 Å². The number of rotatable bonds is 5. The molecule has 0 aromatic carbocycles. The molecular formula is C27H43NO2S2Si2. The number of allylic oxidation sites excluding steroid dienone is 1. The predicted molar refractivity (Wildman–Crippen MR) is 156 cm³/mol. The summed E-state index contributed by atoms with van der Waals surface area (Å²) in [6.45, 7) is 13.8. The lowest BCUT2D eigenvalue weighted by Gasteiger charge is -2.49. The summed E-state index contributed by atoms with van der Waals surface area (Å²) >= 11 is 7.02. The molecule has 0 aromatic heterocycles. The normalized spacial score (nSPS) is 30.0. The van der Waals surface area contributed by atoms with Gasteiger partial charge in [0, 0.05) is 12.3 Å². The third-order valence-corrected chi connectivity index (χ3v) is 9.76. The van der Waals surface area contributed by atoms with Gasteiger partial charge in [-0.2, -0.15) is 5.06 Å². The first-order valence-corrected chi connectivity index (χ1v) is 21.5. The Labute approximate surface area is 220 Å². The molecule has 2 heterocycles. The largest absolute Gasteiger partial charge is 0.473 e. The fourth-order valence-electron chi connectivity index (χ4n) is 5.57. The minimum Gasteiger partial charge on any atom is -0.473 e. The van der Waals surface area contributed by atoms with Crippen molar-refractivity contribution in [3.05, 3.63) is 12.2 Å².